The summed E-state index contributed by atoms with van der Waals surface area (Å²) in [7, 11) is 0. The monoisotopic (exact) mass is 182 g/mol. The zero-order valence-electron chi connectivity index (χ0n) is 7.66. The number of ether oxygens (including phenoxy) is 2. The molecule has 0 radical (unpaired) electrons. The van der Waals surface area contributed by atoms with Gasteiger partial charge in [-0.1, -0.05) is 0 Å². The molecular formula is C9H14N2O2. The largest absolute Gasteiger partial charge is 0.346 e. The molecule has 2 aliphatic rings. The fraction of sp³-hybridized carbons (Fsp3) is 0.889. The van der Waals surface area contributed by atoms with Gasteiger partial charge < -0.3 is 9.47 Å². The van der Waals surface area contributed by atoms with Gasteiger partial charge in [0.1, 0.15) is 0 Å². The van der Waals surface area contributed by atoms with Crippen LogP contribution >= 0.6 is 0 Å². The molecule has 1 spiro atoms. The summed E-state index contributed by atoms with van der Waals surface area (Å²) >= 11 is 0. The topological polar surface area (TPSA) is 45.5 Å². The van der Waals surface area contributed by atoms with Gasteiger partial charge in [0.2, 0.25) is 0 Å². The molecule has 0 aromatic heterocycles. The molecule has 2 aliphatic heterocycles. The van der Waals surface area contributed by atoms with Crippen molar-refractivity contribution in [1.82, 2.24) is 4.90 Å². The highest BCUT2D eigenvalue weighted by Gasteiger charge is 2.40. The molecule has 0 aromatic rings. The Kier molecular flexibility index (Phi) is 2.49. The fourth-order valence-electron chi connectivity index (χ4n) is 2.04. The Morgan fingerprint density at radius 1 is 1.38 bits per heavy atom. The van der Waals surface area contributed by atoms with Crippen LogP contribution in [0.4, 0.5) is 0 Å². The number of rotatable bonds is 1. The third-order valence-electron chi connectivity index (χ3n) is 2.60. The van der Waals surface area contributed by atoms with Crippen molar-refractivity contribution < 1.29 is 9.47 Å². The molecule has 0 aromatic carbocycles. The first-order chi connectivity index (χ1) is 6.35. The van der Waals surface area contributed by atoms with Crippen molar-refractivity contribution in [3.63, 3.8) is 0 Å². The van der Waals surface area contributed by atoms with E-state index in [-0.39, 0.29) is 5.79 Å². The first-order valence-electron chi connectivity index (χ1n) is 4.72. The number of hydrogen-bond acceptors (Lipinski definition) is 4. The van der Waals surface area contributed by atoms with Crippen LogP contribution in [-0.4, -0.2) is 43.5 Å². The van der Waals surface area contributed by atoms with Gasteiger partial charge in [0.05, 0.1) is 32.4 Å². The van der Waals surface area contributed by atoms with E-state index < -0.39 is 0 Å². The highest BCUT2D eigenvalue weighted by atomic mass is 16.7. The summed E-state index contributed by atoms with van der Waals surface area (Å²) in [6, 6.07) is 2.16. The highest BCUT2D eigenvalue weighted by molar-refractivity contribution is 4.87. The van der Waals surface area contributed by atoms with Crippen molar-refractivity contribution in [1.29, 1.82) is 5.26 Å². The van der Waals surface area contributed by atoms with Crippen LogP contribution in [0.5, 0.6) is 0 Å². The van der Waals surface area contributed by atoms with Crippen LogP contribution in [0.3, 0.4) is 0 Å². The summed E-state index contributed by atoms with van der Waals surface area (Å²) in [5.41, 5.74) is 0. The average molecular weight is 182 g/mol. The SMILES string of the molecule is N#CCN1CCCC2(C1)OCCO2. The number of nitriles is 1. The number of hydrogen-bond donors (Lipinski definition) is 0. The van der Waals surface area contributed by atoms with Gasteiger partial charge in [0.25, 0.3) is 0 Å². The lowest BCUT2D eigenvalue weighted by atomic mass is 10.0. The molecule has 2 rings (SSSR count). The lowest BCUT2D eigenvalue weighted by Crippen LogP contribution is -2.48. The summed E-state index contributed by atoms with van der Waals surface area (Å²) in [5.74, 6) is -0.380. The van der Waals surface area contributed by atoms with Gasteiger partial charge in [-0.25, -0.2) is 0 Å². The van der Waals surface area contributed by atoms with Gasteiger partial charge in [-0.2, -0.15) is 5.26 Å². The number of likely N-dealkylation sites (tertiary alicyclic amines) is 1. The maximum Gasteiger partial charge on any atom is 0.181 e. The van der Waals surface area contributed by atoms with E-state index in [1.807, 2.05) is 0 Å². The van der Waals surface area contributed by atoms with Gasteiger partial charge in [0.15, 0.2) is 5.79 Å². The molecule has 2 saturated heterocycles. The molecule has 0 amide bonds. The van der Waals surface area contributed by atoms with E-state index in [1.54, 1.807) is 0 Å². The molecule has 2 heterocycles. The molecule has 72 valence electrons. The Bertz CT molecular complexity index is 218. The molecule has 0 aliphatic carbocycles. The summed E-state index contributed by atoms with van der Waals surface area (Å²) < 4.78 is 11.2. The molecule has 0 N–H and O–H groups in total. The van der Waals surface area contributed by atoms with Crippen molar-refractivity contribution in [3.8, 4) is 6.07 Å². The predicted molar refractivity (Wildman–Crippen MR) is 45.9 cm³/mol. The first kappa shape index (κ1) is 8.95. The van der Waals surface area contributed by atoms with Gasteiger partial charge in [-0.05, 0) is 13.0 Å². The third-order valence-corrected chi connectivity index (χ3v) is 2.60. The minimum atomic E-state index is -0.380. The summed E-state index contributed by atoms with van der Waals surface area (Å²) in [4.78, 5) is 2.09. The molecule has 0 atom stereocenters. The van der Waals surface area contributed by atoms with Crippen molar-refractivity contribution in [2.75, 3.05) is 32.8 Å². The van der Waals surface area contributed by atoms with E-state index in [1.165, 1.54) is 0 Å². The van der Waals surface area contributed by atoms with E-state index in [4.69, 9.17) is 14.7 Å². The molecule has 13 heavy (non-hydrogen) atoms. The van der Waals surface area contributed by atoms with Crippen LogP contribution < -0.4 is 0 Å². The second kappa shape index (κ2) is 3.62. The first-order valence-corrected chi connectivity index (χ1v) is 4.72. The fourth-order valence-corrected chi connectivity index (χ4v) is 2.04. The molecule has 0 bridgehead atoms. The van der Waals surface area contributed by atoms with Gasteiger partial charge in [-0.15, -0.1) is 0 Å². The quantitative estimate of drug-likeness (QED) is 0.549. The molecule has 2 fully saturated rings. The summed E-state index contributed by atoms with van der Waals surface area (Å²) in [6.45, 7) is 3.61. The lowest BCUT2D eigenvalue weighted by Gasteiger charge is -2.37. The van der Waals surface area contributed by atoms with Crippen molar-refractivity contribution in [2.45, 2.75) is 18.6 Å². The number of nitrogens with zero attached hydrogens (tertiary/aromatic N) is 2. The molecule has 0 unspecified atom stereocenters. The smallest absolute Gasteiger partial charge is 0.181 e. The lowest BCUT2D eigenvalue weighted by molar-refractivity contribution is -0.187. The van der Waals surface area contributed by atoms with Crippen molar-refractivity contribution in [2.24, 2.45) is 0 Å². The van der Waals surface area contributed by atoms with Gasteiger partial charge >= 0.3 is 0 Å². The van der Waals surface area contributed by atoms with Crippen LogP contribution in [0, 0.1) is 11.3 Å². The average Bonchev–Trinajstić information content (AvgIpc) is 2.54. The molecular weight excluding hydrogens is 168 g/mol. The molecule has 4 nitrogen and oxygen atoms in total. The maximum atomic E-state index is 8.58. The van der Waals surface area contributed by atoms with E-state index in [2.05, 4.69) is 11.0 Å². The van der Waals surface area contributed by atoms with Crippen LogP contribution in [0.25, 0.3) is 0 Å². The predicted octanol–water partition coefficient (Wildman–Crippen LogP) is 0.349. The van der Waals surface area contributed by atoms with Crippen molar-refractivity contribution >= 4 is 0 Å². The maximum absolute atomic E-state index is 8.58. The van der Waals surface area contributed by atoms with Gasteiger partial charge in [-0.3, -0.25) is 4.90 Å². The summed E-state index contributed by atoms with van der Waals surface area (Å²) in [6.07, 6.45) is 2.02. The van der Waals surface area contributed by atoms with Crippen LogP contribution in [0.1, 0.15) is 12.8 Å². The van der Waals surface area contributed by atoms with Crippen LogP contribution in [0.15, 0.2) is 0 Å². The molecule has 0 saturated carbocycles. The minimum Gasteiger partial charge on any atom is -0.346 e. The van der Waals surface area contributed by atoms with E-state index in [0.29, 0.717) is 19.8 Å². The number of piperidine rings is 1. The standard InChI is InChI=1S/C9H14N2O2/c10-3-5-11-4-1-2-9(8-11)12-6-7-13-9/h1-2,4-8H2. The van der Waals surface area contributed by atoms with Crippen LogP contribution in [-0.2, 0) is 9.47 Å². The zero-order chi connectivity index (χ0) is 9.15. The zero-order valence-corrected chi connectivity index (χ0v) is 7.66. The van der Waals surface area contributed by atoms with Crippen LogP contribution in [0.2, 0.25) is 0 Å². The van der Waals surface area contributed by atoms with E-state index in [9.17, 15) is 0 Å². The Morgan fingerprint density at radius 3 is 2.85 bits per heavy atom. The summed E-state index contributed by atoms with van der Waals surface area (Å²) in [5, 5.41) is 8.58. The molecule has 4 heteroatoms. The Morgan fingerprint density at radius 2 is 2.15 bits per heavy atom. The Balaban J connectivity index is 1.95. The van der Waals surface area contributed by atoms with E-state index in [0.717, 1.165) is 25.9 Å². The van der Waals surface area contributed by atoms with Gasteiger partial charge in [0, 0.05) is 6.42 Å². The third kappa shape index (κ3) is 1.83. The Labute approximate surface area is 78.0 Å². The van der Waals surface area contributed by atoms with E-state index >= 15 is 0 Å². The second-order valence-electron chi connectivity index (χ2n) is 3.58. The Hall–Kier alpha value is -0.630. The minimum absolute atomic E-state index is 0.380. The second-order valence-corrected chi connectivity index (χ2v) is 3.58. The normalized spacial score (nSPS) is 27.6. The highest BCUT2D eigenvalue weighted by Crippen LogP contribution is 2.29. The van der Waals surface area contributed by atoms with Crippen molar-refractivity contribution in [3.05, 3.63) is 0 Å².